The molecule has 0 saturated carbocycles. The van der Waals surface area contributed by atoms with Crippen LogP contribution in [0.4, 0.5) is 0 Å². The summed E-state index contributed by atoms with van der Waals surface area (Å²) < 4.78 is 5.69. The zero-order valence-corrected chi connectivity index (χ0v) is 15.7. The molecule has 5 rings (SSSR count). The van der Waals surface area contributed by atoms with E-state index in [0.717, 1.165) is 11.3 Å². The summed E-state index contributed by atoms with van der Waals surface area (Å²) in [5.41, 5.74) is 4.79. The first-order valence-electron chi connectivity index (χ1n) is 9.50. The Labute approximate surface area is 164 Å². The number of fused-ring (bicyclic) bond motifs is 2. The van der Waals surface area contributed by atoms with Gasteiger partial charge in [0.15, 0.2) is 0 Å². The fourth-order valence-electron chi connectivity index (χ4n) is 4.10. The van der Waals surface area contributed by atoms with Crippen LogP contribution in [0.2, 0.25) is 0 Å². The van der Waals surface area contributed by atoms with Crippen molar-refractivity contribution in [3.05, 3.63) is 103 Å². The van der Waals surface area contributed by atoms with Crippen molar-refractivity contribution in [3.63, 3.8) is 0 Å². The van der Waals surface area contributed by atoms with Crippen LogP contribution < -0.4 is 4.74 Å². The molecule has 1 heteroatoms. The summed E-state index contributed by atoms with van der Waals surface area (Å²) in [4.78, 5) is 0. The van der Waals surface area contributed by atoms with Gasteiger partial charge in [0.1, 0.15) is 5.75 Å². The zero-order chi connectivity index (χ0) is 18.9. The van der Waals surface area contributed by atoms with Gasteiger partial charge in [0.05, 0.1) is 7.11 Å². The summed E-state index contributed by atoms with van der Waals surface area (Å²) in [5.74, 6) is 0.888. The maximum absolute atomic E-state index is 5.69. The first-order chi connectivity index (χ1) is 13.9. The highest BCUT2D eigenvalue weighted by Gasteiger charge is 2.16. The second-order valence-electron chi connectivity index (χ2n) is 6.94. The van der Waals surface area contributed by atoms with E-state index < -0.39 is 0 Å². The molecular formula is C27H20O. The summed E-state index contributed by atoms with van der Waals surface area (Å²) >= 11 is 0. The Morgan fingerprint density at radius 2 is 1.07 bits per heavy atom. The summed E-state index contributed by atoms with van der Waals surface area (Å²) in [6.45, 7) is 0. The lowest BCUT2D eigenvalue weighted by atomic mass is 9.87. The van der Waals surface area contributed by atoms with Gasteiger partial charge in [0.25, 0.3) is 0 Å². The lowest BCUT2D eigenvalue weighted by Gasteiger charge is -2.17. The first kappa shape index (κ1) is 16.6. The van der Waals surface area contributed by atoms with Crippen LogP contribution in [-0.2, 0) is 0 Å². The number of ether oxygens (including phenoxy) is 1. The second-order valence-corrected chi connectivity index (χ2v) is 6.94. The third-order valence-electron chi connectivity index (χ3n) is 5.39. The molecule has 0 N–H and O–H groups in total. The van der Waals surface area contributed by atoms with Crippen LogP contribution in [-0.4, -0.2) is 7.11 Å². The molecular weight excluding hydrogens is 340 g/mol. The predicted molar refractivity (Wildman–Crippen MR) is 119 cm³/mol. The zero-order valence-electron chi connectivity index (χ0n) is 15.7. The number of rotatable bonds is 3. The Morgan fingerprint density at radius 3 is 1.89 bits per heavy atom. The highest BCUT2D eigenvalue weighted by molar-refractivity contribution is 6.10. The van der Waals surface area contributed by atoms with Crippen molar-refractivity contribution in [1.82, 2.24) is 0 Å². The van der Waals surface area contributed by atoms with Gasteiger partial charge in [-0.2, -0.15) is 0 Å². The molecule has 0 amide bonds. The van der Waals surface area contributed by atoms with Crippen LogP contribution in [0.1, 0.15) is 0 Å². The van der Waals surface area contributed by atoms with Crippen molar-refractivity contribution in [2.75, 3.05) is 7.11 Å². The highest BCUT2D eigenvalue weighted by Crippen LogP contribution is 2.43. The molecule has 1 nitrogen and oxygen atoms in total. The maximum Gasteiger partial charge on any atom is 0.126 e. The largest absolute Gasteiger partial charge is 0.496 e. The van der Waals surface area contributed by atoms with Crippen LogP contribution in [0.5, 0.6) is 5.75 Å². The van der Waals surface area contributed by atoms with Crippen molar-refractivity contribution in [1.29, 1.82) is 0 Å². The van der Waals surface area contributed by atoms with E-state index in [-0.39, 0.29) is 0 Å². The van der Waals surface area contributed by atoms with Crippen molar-refractivity contribution >= 4 is 21.5 Å². The highest BCUT2D eigenvalue weighted by atomic mass is 16.5. The van der Waals surface area contributed by atoms with Crippen LogP contribution in [0.15, 0.2) is 103 Å². The van der Waals surface area contributed by atoms with Gasteiger partial charge in [-0.1, -0.05) is 97.1 Å². The van der Waals surface area contributed by atoms with Crippen molar-refractivity contribution < 1.29 is 4.74 Å². The van der Waals surface area contributed by atoms with Gasteiger partial charge in [-0.3, -0.25) is 0 Å². The van der Waals surface area contributed by atoms with E-state index in [1.807, 2.05) is 12.1 Å². The van der Waals surface area contributed by atoms with Gasteiger partial charge in [0, 0.05) is 5.56 Å². The Bertz CT molecular complexity index is 1290. The predicted octanol–water partition coefficient (Wildman–Crippen LogP) is 7.34. The van der Waals surface area contributed by atoms with E-state index in [0.29, 0.717) is 0 Å². The van der Waals surface area contributed by atoms with E-state index in [1.54, 1.807) is 7.11 Å². The molecule has 5 aromatic rings. The molecule has 28 heavy (non-hydrogen) atoms. The van der Waals surface area contributed by atoms with Gasteiger partial charge in [-0.25, -0.2) is 0 Å². The number of hydrogen-bond acceptors (Lipinski definition) is 1. The fourth-order valence-corrected chi connectivity index (χ4v) is 4.10. The van der Waals surface area contributed by atoms with E-state index >= 15 is 0 Å². The minimum Gasteiger partial charge on any atom is -0.496 e. The molecule has 0 unspecified atom stereocenters. The van der Waals surface area contributed by atoms with Gasteiger partial charge >= 0.3 is 0 Å². The van der Waals surface area contributed by atoms with Crippen molar-refractivity contribution in [3.8, 4) is 28.0 Å². The Balaban J connectivity index is 1.94. The standard InChI is InChI=1S/C27H20O/c1-28-26-16-7-6-14-23(26)25-18-17-20-10-3-5-13-22(20)27(25)24-15-8-11-19-9-2-4-12-21(19)24/h2-18H,1H3. The van der Waals surface area contributed by atoms with Crippen LogP contribution in [0.25, 0.3) is 43.8 Å². The lowest BCUT2D eigenvalue weighted by molar-refractivity contribution is 0.416. The van der Waals surface area contributed by atoms with Crippen LogP contribution in [0.3, 0.4) is 0 Å². The molecule has 5 aromatic carbocycles. The summed E-state index contributed by atoms with van der Waals surface area (Å²) in [6, 6.07) is 36.4. The molecule has 0 atom stereocenters. The topological polar surface area (TPSA) is 9.23 Å². The molecule has 0 bridgehead atoms. The third kappa shape index (κ3) is 2.64. The average Bonchev–Trinajstić information content (AvgIpc) is 2.78. The van der Waals surface area contributed by atoms with Gasteiger partial charge in [-0.05, 0) is 44.3 Å². The van der Waals surface area contributed by atoms with Gasteiger partial charge < -0.3 is 4.74 Å². The monoisotopic (exact) mass is 360 g/mol. The van der Waals surface area contributed by atoms with Crippen molar-refractivity contribution in [2.24, 2.45) is 0 Å². The maximum atomic E-state index is 5.69. The molecule has 0 saturated heterocycles. The summed E-state index contributed by atoms with van der Waals surface area (Å²) in [7, 11) is 1.73. The number of benzene rings is 5. The molecule has 0 heterocycles. The second kappa shape index (κ2) is 6.86. The molecule has 0 fully saturated rings. The third-order valence-corrected chi connectivity index (χ3v) is 5.39. The minimum absolute atomic E-state index is 0.888. The molecule has 0 aliphatic heterocycles. The Kier molecular flexibility index (Phi) is 4.06. The van der Waals surface area contributed by atoms with Gasteiger partial charge in [0.2, 0.25) is 0 Å². The first-order valence-corrected chi connectivity index (χ1v) is 9.50. The normalized spacial score (nSPS) is 11.0. The smallest absolute Gasteiger partial charge is 0.126 e. The van der Waals surface area contributed by atoms with E-state index in [4.69, 9.17) is 4.74 Å². The molecule has 0 aliphatic rings. The van der Waals surface area contributed by atoms with Crippen molar-refractivity contribution in [2.45, 2.75) is 0 Å². The Hall–Kier alpha value is -3.58. The van der Waals surface area contributed by atoms with E-state index in [2.05, 4.69) is 91.0 Å². The average molecular weight is 360 g/mol. The fraction of sp³-hybridized carbons (Fsp3) is 0.0370. The molecule has 134 valence electrons. The minimum atomic E-state index is 0.888. The van der Waals surface area contributed by atoms with E-state index in [9.17, 15) is 0 Å². The number of para-hydroxylation sites is 1. The van der Waals surface area contributed by atoms with Gasteiger partial charge in [-0.15, -0.1) is 0 Å². The SMILES string of the molecule is COc1ccccc1-c1ccc2ccccc2c1-c1cccc2ccccc12. The van der Waals surface area contributed by atoms with Crippen LogP contribution >= 0.6 is 0 Å². The number of hydrogen-bond donors (Lipinski definition) is 0. The number of methoxy groups -OCH3 is 1. The molecule has 0 spiro atoms. The summed E-state index contributed by atoms with van der Waals surface area (Å²) in [5, 5.41) is 5.00. The van der Waals surface area contributed by atoms with Crippen LogP contribution in [0, 0.1) is 0 Å². The summed E-state index contributed by atoms with van der Waals surface area (Å²) in [6.07, 6.45) is 0. The Morgan fingerprint density at radius 1 is 0.464 bits per heavy atom. The quantitative estimate of drug-likeness (QED) is 0.327. The molecule has 0 radical (unpaired) electrons. The lowest BCUT2D eigenvalue weighted by Crippen LogP contribution is -1.92. The van der Waals surface area contributed by atoms with E-state index in [1.165, 1.54) is 38.2 Å². The molecule has 0 aromatic heterocycles. The molecule has 0 aliphatic carbocycles.